The van der Waals surface area contributed by atoms with Gasteiger partial charge in [-0.1, -0.05) is 6.07 Å². The number of carbonyl (C=O) groups is 2. The first-order valence-electron chi connectivity index (χ1n) is 6.79. The number of carboxylic acids is 1. The molecule has 2 heterocycles. The van der Waals surface area contributed by atoms with Gasteiger partial charge in [0.25, 0.3) is 5.91 Å². The van der Waals surface area contributed by atoms with Crippen LogP contribution in [0.15, 0.2) is 30.3 Å². The molecule has 1 aliphatic heterocycles. The summed E-state index contributed by atoms with van der Waals surface area (Å²) in [5.41, 5.74) is 3.55. The van der Waals surface area contributed by atoms with E-state index in [1.54, 1.807) is 29.2 Å². The maximum absolute atomic E-state index is 12.7. The average molecular weight is 284 g/mol. The van der Waals surface area contributed by atoms with Crippen molar-refractivity contribution in [1.29, 1.82) is 0 Å². The second-order valence-corrected chi connectivity index (χ2v) is 5.27. The Morgan fingerprint density at radius 2 is 1.95 bits per heavy atom. The zero-order valence-corrected chi connectivity index (χ0v) is 12.0. The maximum atomic E-state index is 12.7. The summed E-state index contributed by atoms with van der Waals surface area (Å²) in [6, 6.07) is 8.66. The van der Waals surface area contributed by atoms with Crippen LogP contribution in [0.25, 0.3) is 0 Å². The highest BCUT2D eigenvalue weighted by atomic mass is 16.4. The van der Waals surface area contributed by atoms with Crippen molar-refractivity contribution >= 4 is 17.6 Å². The number of carbonyl (C=O) groups excluding carboxylic acids is 1. The Balaban J connectivity index is 2.00. The van der Waals surface area contributed by atoms with Gasteiger partial charge in [0.1, 0.15) is 5.69 Å². The molecule has 1 aromatic carbocycles. The first-order valence-corrected chi connectivity index (χ1v) is 6.79. The van der Waals surface area contributed by atoms with Crippen LogP contribution >= 0.6 is 0 Å². The lowest BCUT2D eigenvalue weighted by Crippen LogP contribution is -2.30. The third-order valence-electron chi connectivity index (χ3n) is 4.06. The Kier molecular flexibility index (Phi) is 3.05. The normalized spacial score (nSPS) is 13.3. The van der Waals surface area contributed by atoms with E-state index in [-0.39, 0.29) is 11.5 Å². The fourth-order valence-electron chi connectivity index (χ4n) is 2.69. The predicted octanol–water partition coefficient (Wildman–Crippen LogP) is 2.23. The molecule has 0 atom stereocenters. The number of aromatic nitrogens is 1. The highest BCUT2D eigenvalue weighted by Crippen LogP contribution is 2.30. The third kappa shape index (κ3) is 2.11. The zero-order chi connectivity index (χ0) is 15.1. The van der Waals surface area contributed by atoms with E-state index in [2.05, 4.69) is 0 Å². The number of amides is 1. The molecule has 3 rings (SSSR count). The van der Waals surface area contributed by atoms with E-state index in [9.17, 15) is 9.59 Å². The highest BCUT2D eigenvalue weighted by molar-refractivity contribution is 6.07. The van der Waals surface area contributed by atoms with Gasteiger partial charge in [0.15, 0.2) is 0 Å². The average Bonchev–Trinajstić information content (AvgIpc) is 3.02. The van der Waals surface area contributed by atoms with Crippen molar-refractivity contribution < 1.29 is 14.7 Å². The Bertz CT molecular complexity index is 746. The van der Waals surface area contributed by atoms with Crippen LogP contribution in [0.4, 0.5) is 5.69 Å². The molecule has 0 unspecified atom stereocenters. The highest BCUT2D eigenvalue weighted by Gasteiger charge is 2.27. The summed E-state index contributed by atoms with van der Waals surface area (Å²) in [7, 11) is 1.85. The SMILES string of the molecule is Cc1ccc(C(=O)N2CCc3ccc(C(=O)O)cc32)n1C. The summed E-state index contributed by atoms with van der Waals surface area (Å²) < 4.78 is 1.85. The predicted molar refractivity (Wildman–Crippen MR) is 78.9 cm³/mol. The van der Waals surface area contributed by atoms with Gasteiger partial charge in [-0.25, -0.2) is 4.79 Å². The van der Waals surface area contributed by atoms with Crippen molar-refractivity contribution in [3.63, 3.8) is 0 Å². The van der Waals surface area contributed by atoms with Gasteiger partial charge in [-0.3, -0.25) is 4.79 Å². The Labute approximate surface area is 122 Å². The Morgan fingerprint density at radius 1 is 1.19 bits per heavy atom. The van der Waals surface area contributed by atoms with Gasteiger partial charge in [-0.15, -0.1) is 0 Å². The minimum atomic E-state index is -0.980. The number of benzene rings is 1. The lowest BCUT2D eigenvalue weighted by molar-refractivity contribution is 0.0696. The van der Waals surface area contributed by atoms with Gasteiger partial charge in [0.2, 0.25) is 0 Å². The number of rotatable bonds is 2. The molecule has 5 heteroatoms. The summed E-state index contributed by atoms with van der Waals surface area (Å²) in [6.07, 6.45) is 0.754. The number of carboxylic acid groups (broad SMARTS) is 1. The summed E-state index contributed by atoms with van der Waals surface area (Å²) >= 11 is 0. The molecule has 0 saturated heterocycles. The van der Waals surface area contributed by atoms with Gasteiger partial charge in [-0.2, -0.15) is 0 Å². The van der Waals surface area contributed by atoms with Crippen molar-refractivity contribution in [2.75, 3.05) is 11.4 Å². The molecular formula is C16H16N2O3. The number of nitrogens with zero attached hydrogens (tertiary/aromatic N) is 2. The number of aryl methyl sites for hydroxylation is 1. The molecule has 5 nitrogen and oxygen atoms in total. The Morgan fingerprint density at radius 3 is 2.57 bits per heavy atom. The van der Waals surface area contributed by atoms with Crippen LogP contribution in [-0.4, -0.2) is 28.1 Å². The number of hydrogen-bond donors (Lipinski definition) is 1. The molecule has 0 radical (unpaired) electrons. The van der Waals surface area contributed by atoms with E-state index in [1.807, 2.05) is 24.6 Å². The van der Waals surface area contributed by atoms with Gasteiger partial charge >= 0.3 is 5.97 Å². The van der Waals surface area contributed by atoms with Crippen molar-refractivity contribution in [2.24, 2.45) is 7.05 Å². The van der Waals surface area contributed by atoms with Crippen LogP contribution in [0.1, 0.15) is 32.1 Å². The number of hydrogen-bond acceptors (Lipinski definition) is 2. The van der Waals surface area contributed by atoms with Gasteiger partial charge in [0, 0.05) is 25.0 Å². The van der Waals surface area contributed by atoms with E-state index in [0.717, 1.165) is 17.7 Å². The van der Waals surface area contributed by atoms with Crippen LogP contribution < -0.4 is 4.90 Å². The second kappa shape index (κ2) is 4.77. The third-order valence-corrected chi connectivity index (χ3v) is 4.06. The molecule has 0 spiro atoms. The Hall–Kier alpha value is -2.56. The lowest BCUT2D eigenvalue weighted by atomic mass is 10.1. The van der Waals surface area contributed by atoms with Gasteiger partial charge < -0.3 is 14.6 Å². The standard InChI is InChI=1S/C16H16N2O3/c1-10-3-6-13(17(10)2)15(19)18-8-7-11-4-5-12(16(20)21)9-14(11)18/h3-6,9H,7-8H2,1-2H3,(H,20,21). The molecule has 1 N–H and O–H groups in total. The molecular weight excluding hydrogens is 268 g/mol. The molecule has 108 valence electrons. The fourth-order valence-corrected chi connectivity index (χ4v) is 2.69. The van der Waals surface area contributed by atoms with E-state index in [0.29, 0.717) is 17.9 Å². The molecule has 0 aliphatic carbocycles. The van der Waals surface area contributed by atoms with Gasteiger partial charge in [0.05, 0.1) is 5.56 Å². The fraction of sp³-hybridized carbons (Fsp3) is 0.250. The molecule has 1 aromatic heterocycles. The largest absolute Gasteiger partial charge is 0.478 e. The quantitative estimate of drug-likeness (QED) is 0.920. The first-order chi connectivity index (χ1) is 9.99. The minimum Gasteiger partial charge on any atom is -0.478 e. The van der Waals surface area contributed by atoms with E-state index in [4.69, 9.17) is 5.11 Å². The van der Waals surface area contributed by atoms with Crippen molar-refractivity contribution in [3.8, 4) is 0 Å². The molecule has 0 bridgehead atoms. The van der Waals surface area contributed by atoms with Crippen LogP contribution in [0.3, 0.4) is 0 Å². The van der Waals surface area contributed by atoms with Crippen molar-refractivity contribution in [2.45, 2.75) is 13.3 Å². The minimum absolute atomic E-state index is 0.0908. The second-order valence-electron chi connectivity index (χ2n) is 5.27. The van der Waals surface area contributed by atoms with E-state index < -0.39 is 5.97 Å². The monoisotopic (exact) mass is 284 g/mol. The lowest BCUT2D eigenvalue weighted by Gasteiger charge is -2.18. The smallest absolute Gasteiger partial charge is 0.335 e. The van der Waals surface area contributed by atoms with Crippen molar-refractivity contribution in [1.82, 2.24) is 4.57 Å². The van der Waals surface area contributed by atoms with Gasteiger partial charge in [-0.05, 0) is 43.2 Å². The topological polar surface area (TPSA) is 62.5 Å². The number of aromatic carboxylic acids is 1. The molecule has 2 aromatic rings. The van der Waals surface area contributed by atoms with E-state index >= 15 is 0 Å². The van der Waals surface area contributed by atoms with Crippen LogP contribution in [-0.2, 0) is 13.5 Å². The summed E-state index contributed by atoms with van der Waals surface area (Å²) in [5.74, 6) is -1.07. The van der Waals surface area contributed by atoms with Crippen LogP contribution in [0.2, 0.25) is 0 Å². The van der Waals surface area contributed by atoms with Crippen LogP contribution in [0, 0.1) is 6.92 Å². The summed E-state index contributed by atoms with van der Waals surface area (Å²) in [5, 5.41) is 9.10. The molecule has 1 amide bonds. The number of anilines is 1. The first kappa shape index (κ1) is 13.4. The van der Waals surface area contributed by atoms with Crippen molar-refractivity contribution in [3.05, 3.63) is 52.8 Å². The number of fused-ring (bicyclic) bond motifs is 1. The van der Waals surface area contributed by atoms with Crippen LogP contribution in [0.5, 0.6) is 0 Å². The maximum Gasteiger partial charge on any atom is 0.335 e. The molecule has 0 saturated carbocycles. The van der Waals surface area contributed by atoms with E-state index in [1.165, 1.54) is 0 Å². The zero-order valence-electron chi connectivity index (χ0n) is 12.0. The molecule has 0 fully saturated rings. The summed E-state index contributed by atoms with van der Waals surface area (Å²) in [6.45, 7) is 2.53. The molecule has 1 aliphatic rings. The summed E-state index contributed by atoms with van der Waals surface area (Å²) in [4.78, 5) is 25.4. The molecule has 21 heavy (non-hydrogen) atoms.